The van der Waals surface area contributed by atoms with Gasteiger partial charge in [0, 0.05) is 23.7 Å². The molecule has 0 aromatic heterocycles. The molecule has 0 aliphatic carbocycles. The Hall–Kier alpha value is -3.70. The van der Waals surface area contributed by atoms with Crippen molar-refractivity contribution in [1.82, 2.24) is 15.5 Å². The predicted octanol–water partition coefficient (Wildman–Crippen LogP) is 4.68. The zero-order valence-electron chi connectivity index (χ0n) is 22.5. The van der Waals surface area contributed by atoms with E-state index in [4.69, 9.17) is 11.6 Å². The number of carbonyl (C=O) groups is 4. The second kappa shape index (κ2) is 12.0. The molecular formula is C29H30ClF3N4O4. The summed E-state index contributed by atoms with van der Waals surface area (Å²) in [7, 11) is 0. The van der Waals surface area contributed by atoms with E-state index in [9.17, 15) is 32.3 Å². The van der Waals surface area contributed by atoms with E-state index in [1.165, 1.54) is 12.1 Å². The highest BCUT2D eigenvalue weighted by Crippen LogP contribution is 2.35. The second-order valence-electron chi connectivity index (χ2n) is 10.0. The average molecular weight is 591 g/mol. The van der Waals surface area contributed by atoms with Gasteiger partial charge in [-0.25, -0.2) is 0 Å². The molecule has 2 aromatic carbocycles. The number of nitrogens with one attached hydrogen (secondary N) is 3. The maximum Gasteiger partial charge on any atom is 0.417 e. The van der Waals surface area contributed by atoms with E-state index < -0.39 is 46.9 Å². The van der Waals surface area contributed by atoms with Gasteiger partial charge in [-0.3, -0.25) is 29.4 Å². The molecule has 1 atom stereocenters. The van der Waals surface area contributed by atoms with Crippen molar-refractivity contribution in [3.05, 3.63) is 76.0 Å². The summed E-state index contributed by atoms with van der Waals surface area (Å²) in [6.07, 6.45) is -1.42. The summed E-state index contributed by atoms with van der Waals surface area (Å²) in [5.41, 5.74) is 0.816. The first-order valence-electron chi connectivity index (χ1n) is 13.3. The molecule has 2 heterocycles. The molecule has 4 amide bonds. The third-order valence-electron chi connectivity index (χ3n) is 7.59. The van der Waals surface area contributed by atoms with Crippen LogP contribution in [0.1, 0.15) is 56.2 Å². The van der Waals surface area contributed by atoms with Crippen LogP contribution in [-0.4, -0.2) is 41.1 Å². The van der Waals surface area contributed by atoms with Crippen LogP contribution in [0, 0.1) is 0 Å². The molecule has 0 saturated carbocycles. The lowest BCUT2D eigenvalue weighted by molar-refractivity contribution is -0.149. The Kier molecular flexibility index (Phi) is 8.89. The third-order valence-corrected chi connectivity index (χ3v) is 7.91. The summed E-state index contributed by atoms with van der Waals surface area (Å²) < 4.78 is 39.1. The Morgan fingerprint density at radius 2 is 1.78 bits per heavy atom. The minimum Gasteiger partial charge on any atom is -0.351 e. The van der Waals surface area contributed by atoms with Crippen LogP contribution in [0.3, 0.4) is 0 Å². The Morgan fingerprint density at radius 1 is 1.05 bits per heavy atom. The van der Waals surface area contributed by atoms with Gasteiger partial charge in [-0.15, -0.1) is 0 Å². The number of carbonyl (C=O) groups excluding carboxylic acids is 4. The Bertz CT molecular complexity index is 1400. The van der Waals surface area contributed by atoms with Crippen LogP contribution in [0.4, 0.5) is 18.9 Å². The van der Waals surface area contributed by atoms with Crippen molar-refractivity contribution >= 4 is 40.9 Å². The topological polar surface area (TPSA) is 108 Å². The van der Waals surface area contributed by atoms with Gasteiger partial charge in [0.25, 0.3) is 11.8 Å². The molecule has 1 fully saturated rings. The summed E-state index contributed by atoms with van der Waals surface area (Å²) in [6, 6.07) is 10.1. The number of hydrogen-bond donors (Lipinski definition) is 3. The van der Waals surface area contributed by atoms with Crippen molar-refractivity contribution in [2.75, 3.05) is 11.9 Å². The number of benzene rings is 2. The molecule has 1 unspecified atom stereocenters. The van der Waals surface area contributed by atoms with Gasteiger partial charge in [0.05, 0.1) is 10.6 Å². The van der Waals surface area contributed by atoms with E-state index >= 15 is 0 Å². The SMILES string of the molecule is CCC(CC)(NCCc1ccc(C(F)(F)F)c(Cl)c1)c1cccc(NC2=CC(=O)N(C3CCC(=O)NC3=O)C2=O)c1. The van der Waals surface area contributed by atoms with Crippen LogP contribution in [0.5, 0.6) is 0 Å². The van der Waals surface area contributed by atoms with Crippen LogP contribution in [0.15, 0.2) is 54.2 Å². The Labute approximate surface area is 240 Å². The molecule has 2 aliphatic heterocycles. The highest BCUT2D eigenvalue weighted by Gasteiger charge is 2.42. The molecule has 218 valence electrons. The summed E-state index contributed by atoms with van der Waals surface area (Å²) in [5, 5.41) is 8.37. The minimum absolute atomic E-state index is 0.0163. The van der Waals surface area contributed by atoms with E-state index in [-0.39, 0.29) is 23.6 Å². The summed E-state index contributed by atoms with van der Waals surface area (Å²) in [4.78, 5) is 50.2. The zero-order chi connectivity index (χ0) is 29.9. The maximum atomic E-state index is 13.0. The van der Waals surface area contributed by atoms with Crippen LogP contribution in [-0.2, 0) is 37.3 Å². The second-order valence-corrected chi connectivity index (χ2v) is 10.4. The first-order chi connectivity index (χ1) is 19.4. The highest BCUT2D eigenvalue weighted by atomic mass is 35.5. The number of rotatable bonds is 10. The Balaban J connectivity index is 1.45. The predicted molar refractivity (Wildman–Crippen MR) is 147 cm³/mol. The number of amides is 4. The van der Waals surface area contributed by atoms with E-state index in [0.717, 1.165) is 22.6 Å². The van der Waals surface area contributed by atoms with E-state index in [0.29, 0.717) is 37.1 Å². The van der Waals surface area contributed by atoms with Crippen molar-refractivity contribution in [1.29, 1.82) is 0 Å². The fraction of sp³-hybridized carbons (Fsp3) is 0.379. The molecule has 12 heteroatoms. The normalized spacial score (nSPS) is 18.0. The number of anilines is 1. The van der Waals surface area contributed by atoms with Gasteiger partial charge in [0.1, 0.15) is 11.7 Å². The van der Waals surface area contributed by atoms with Crippen molar-refractivity contribution in [2.45, 2.75) is 63.7 Å². The Morgan fingerprint density at radius 3 is 2.41 bits per heavy atom. The smallest absolute Gasteiger partial charge is 0.351 e. The van der Waals surface area contributed by atoms with Gasteiger partial charge < -0.3 is 10.6 Å². The quantitative estimate of drug-likeness (QED) is 0.347. The molecule has 0 spiro atoms. The lowest BCUT2D eigenvalue weighted by atomic mass is 9.84. The number of nitrogens with zero attached hydrogens (tertiary/aromatic N) is 1. The fourth-order valence-electron chi connectivity index (χ4n) is 5.25. The van der Waals surface area contributed by atoms with E-state index in [2.05, 4.69) is 16.0 Å². The molecular weight excluding hydrogens is 561 g/mol. The summed E-state index contributed by atoms with van der Waals surface area (Å²) >= 11 is 5.87. The lowest BCUT2D eigenvalue weighted by Gasteiger charge is -2.34. The van der Waals surface area contributed by atoms with Gasteiger partial charge in [0.15, 0.2) is 0 Å². The molecule has 2 aromatic rings. The van der Waals surface area contributed by atoms with Crippen molar-refractivity contribution < 1.29 is 32.3 Å². The van der Waals surface area contributed by atoms with Crippen LogP contribution < -0.4 is 16.0 Å². The molecule has 0 radical (unpaired) electrons. The van der Waals surface area contributed by atoms with E-state index in [1.807, 2.05) is 32.0 Å². The lowest BCUT2D eigenvalue weighted by Crippen LogP contribution is -2.54. The number of hydrogen-bond acceptors (Lipinski definition) is 6. The first kappa shape index (κ1) is 30.3. The van der Waals surface area contributed by atoms with Gasteiger partial charge in [-0.2, -0.15) is 13.2 Å². The number of alkyl halides is 3. The maximum absolute atomic E-state index is 13.0. The van der Waals surface area contributed by atoms with Gasteiger partial charge in [-0.1, -0.05) is 43.6 Å². The standard InChI is InChI=1S/C29H30ClF3N4O4/c1-3-28(4-2,34-13-12-17-8-9-20(21(30)14-17)29(31,32)33)18-6-5-7-19(15-18)35-22-16-25(39)37(27(22)41)23-10-11-24(38)36-26(23)40/h5-9,14-16,23,34-35H,3-4,10-13H2,1-2H3,(H,36,38,40). The molecule has 1 saturated heterocycles. The van der Waals surface area contributed by atoms with Gasteiger partial charge in [-0.05, 0) is 67.6 Å². The molecule has 3 N–H and O–H groups in total. The molecule has 8 nitrogen and oxygen atoms in total. The zero-order valence-corrected chi connectivity index (χ0v) is 23.3. The molecule has 2 aliphatic rings. The number of halogens is 4. The minimum atomic E-state index is -4.51. The van der Waals surface area contributed by atoms with E-state index in [1.54, 1.807) is 6.07 Å². The first-order valence-corrected chi connectivity index (χ1v) is 13.7. The average Bonchev–Trinajstić information content (AvgIpc) is 3.18. The summed E-state index contributed by atoms with van der Waals surface area (Å²) in [6.45, 7) is 4.51. The van der Waals surface area contributed by atoms with Crippen molar-refractivity contribution in [3.63, 3.8) is 0 Å². The van der Waals surface area contributed by atoms with Gasteiger partial charge in [0.2, 0.25) is 11.8 Å². The van der Waals surface area contributed by atoms with Crippen molar-refractivity contribution in [3.8, 4) is 0 Å². The van der Waals surface area contributed by atoms with Gasteiger partial charge >= 0.3 is 6.18 Å². The fourth-order valence-corrected chi connectivity index (χ4v) is 5.56. The monoisotopic (exact) mass is 590 g/mol. The third kappa shape index (κ3) is 6.46. The molecule has 4 rings (SSSR count). The largest absolute Gasteiger partial charge is 0.417 e. The summed E-state index contributed by atoms with van der Waals surface area (Å²) in [5.74, 6) is -2.41. The van der Waals surface area contributed by atoms with Crippen molar-refractivity contribution in [2.24, 2.45) is 0 Å². The molecule has 0 bridgehead atoms. The molecule has 41 heavy (non-hydrogen) atoms. The number of piperidine rings is 1. The van der Waals surface area contributed by atoms with Crippen LogP contribution >= 0.6 is 11.6 Å². The van der Waals surface area contributed by atoms with Crippen LogP contribution in [0.25, 0.3) is 0 Å². The van der Waals surface area contributed by atoms with Crippen LogP contribution in [0.2, 0.25) is 5.02 Å². The number of imide groups is 2. The highest BCUT2D eigenvalue weighted by molar-refractivity contribution is 6.31.